The van der Waals surface area contributed by atoms with Crippen LogP contribution in [0.4, 0.5) is 0 Å². The molecule has 0 aliphatic rings. The average Bonchev–Trinajstić information content (AvgIpc) is 2.28. The molecule has 3 nitrogen and oxygen atoms in total. The first-order valence-electron chi connectivity index (χ1n) is 5.81. The minimum Gasteiger partial charge on any atom is -0.481 e. The summed E-state index contributed by atoms with van der Waals surface area (Å²) in [5.74, 6) is -0.814. The Morgan fingerprint density at radius 2 is 2.00 bits per heavy atom. The summed E-state index contributed by atoms with van der Waals surface area (Å²) in [7, 11) is 0. The number of aromatic nitrogens is 1. The first-order chi connectivity index (χ1) is 8.56. The Bertz CT molecular complexity index is 591. The fourth-order valence-corrected chi connectivity index (χ4v) is 2.02. The van der Waals surface area contributed by atoms with Crippen molar-refractivity contribution in [1.82, 2.24) is 4.98 Å². The highest BCUT2D eigenvalue weighted by molar-refractivity contribution is 5.72. The second-order valence-electron chi connectivity index (χ2n) is 4.36. The molecular weight excluding hydrogens is 226 g/mol. The fourth-order valence-electron chi connectivity index (χ4n) is 2.02. The summed E-state index contributed by atoms with van der Waals surface area (Å²) in [5.41, 5.74) is 4.81. The molecule has 0 radical (unpaired) electrons. The van der Waals surface area contributed by atoms with E-state index in [2.05, 4.69) is 4.98 Å². The van der Waals surface area contributed by atoms with Crippen molar-refractivity contribution >= 4 is 5.97 Å². The number of carboxylic acid groups (broad SMARTS) is 1. The Morgan fingerprint density at radius 1 is 1.22 bits per heavy atom. The van der Waals surface area contributed by atoms with Gasteiger partial charge < -0.3 is 5.11 Å². The lowest BCUT2D eigenvalue weighted by Crippen LogP contribution is -2.00. The van der Waals surface area contributed by atoms with Crippen LogP contribution in [0.5, 0.6) is 0 Å². The smallest absolute Gasteiger partial charge is 0.307 e. The van der Waals surface area contributed by atoms with Crippen LogP contribution in [0.25, 0.3) is 11.1 Å². The first kappa shape index (κ1) is 12.3. The summed E-state index contributed by atoms with van der Waals surface area (Å²) in [5, 5.41) is 8.81. The number of hydrogen-bond donors (Lipinski definition) is 1. The molecule has 0 fully saturated rings. The van der Waals surface area contributed by atoms with Crippen molar-refractivity contribution in [2.75, 3.05) is 0 Å². The molecule has 0 bridgehead atoms. The number of hydrogen-bond acceptors (Lipinski definition) is 2. The van der Waals surface area contributed by atoms with Gasteiger partial charge in [-0.05, 0) is 31.0 Å². The molecule has 2 aromatic rings. The van der Waals surface area contributed by atoms with Crippen LogP contribution in [-0.2, 0) is 11.2 Å². The first-order valence-corrected chi connectivity index (χ1v) is 5.81. The van der Waals surface area contributed by atoms with E-state index in [4.69, 9.17) is 5.11 Å². The second-order valence-corrected chi connectivity index (χ2v) is 4.36. The lowest BCUT2D eigenvalue weighted by Gasteiger charge is -2.07. The van der Waals surface area contributed by atoms with Gasteiger partial charge in [0.2, 0.25) is 0 Å². The molecule has 18 heavy (non-hydrogen) atoms. The molecule has 0 unspecified atom stereocenters. The number of pyridine rings is 1. The van der Waals surface area contributed by atoms with Crippen LogP contribution in [0.1, 0.15) is 17.0 Å². The van der Waals surface area contributed by atoms with E-state index in [9.17, 15) is 4.79 Å². The van der Waals surface area contributed by atoms with Crippen molar-refractivity contribution in [3.63, 3.8) is 0 Å². The van der Waals surface area contributed by atoms with Gasteiger partial charge in [0.15, 0.2) is 0 Å². The Morgan fingerprint density at radius 3 is 2.67 bits per heavy atom. The van der Waals surface area contributed by atoms with Crippen LogP contribution < -0.4 is 0 Å². The van der Waals surface area contributed by atoms with Gasteiger partial charge in [0.1, 0.15) is 0 Å². The van der Waals surface area contributed by atoms with E-state index in [-0.39, 0.29) is 6.42 Å². The molecule has 0 amide bonds. The van der Waals surface area contributed by atoms with Gasteiger partial charge in [-0.3, -0.25) is 9.78 Å². The number of carboxylic acids is 1. The summed E-state index contributed by atoms with van der Waals surface area (Å²) in [6.45, 7) is 3.92. The van der Waals surface area contributed by atoms with E-state index in [1.54, 1.807) is 0 Å². The third kappa shape index (κ3) is 2.74. The molecule has 1 aromatic heterocycles. The van der Waals surface area contributed by atoms with Crippen LogP contribution in [-0.4, -0.2) is 16.1 Å². The lowest BCUT2D eigenvalue weighted by atomic mass is 10.0. The van der Waals surface area contributed by atoms with E-state index < -0.39 is 5.97 Å². The van der Waals surface area contributed by atoms with Crippen LogP contribution in [0.15, 0.2) is 36.4 Å². The van der Waals surface area contributed by atoms with Gasteiger partial charge in [0, 0.05) is 17.0 Å². The summed E-state index contributed by atoms with van der Waals surface area (Å²) in [6, 6.07) is 11.6. The largest absolute Gasteiger partial charge is 0.481 e. The number of nitrogens with zero attached hydrogens (tertiary/aromatic N) is 1. The molecule has 0 aliphatic carbocycles. The zero-order chi connectivity index (χ0) is 13.1. The Kier molecular flexibility index (Phi) is 3.42. The summed E-state index contributed by atoms with van der Waals surface area (Å²) >= 11 is 0. The maximum absolute atomic E-state index is 10.7. The molecule has 0 atom stereocenters. The number of rotatable bonds is 3. The lowest BCUT2D eigenvalue weighted by molar-refractivity contribution is -0.136. The van der Waals surface area contributed by atoms with Crippen molar-refractivity contribution < 1.29 is 9.90 Å². The van der Waals surface area contributed by atoms with Gasteiger partial charge in [-0.1, -0.05) is 30.3 Å². The van der Waals surface area contributed by atoms with E-state index in [0.29, 0.717) is 0 Å². The van der Waals surface area contributed by atoms with Crippen molar-refractivity contribution in [2.24, 2.45) is 0 Å². The van der Waals surface area contributed by atoms with E-state index >= 15 is 0 Å². The standard InChI is InChI=1S/C15H15NO2/c1-10-6-7-14(11(2)16-10)13-5-3-4-12(8-13)9-15(17)18/h3-8H,9H2,1-2H3,(H,17,18). The Balaban J connectivity index is 2.41. The minimum absolute atomic E-state index is 0.0478. The number of carbonyl (C=O) groups is 1. The van der Waals surface area contributed by atoms with Crippen molar-refractivity contribution in [3.8, 4) is 11.1 Å². The van der Waals surface area contributed by atoms with Crippen molar-refractivity contribution in [2.45, 2.75) is 20.3 Å². The maximum Gasteiger partial charge on any atom is 0.307 e. The molecule has 1 aromatic carbocycles. The zero-order valence-corrected chi connectivity index (χ0v) is 10.5. The molecule has 0 spiro atoms. The highest BCUT2D eigenvalue weighted by Gasteiger charge is 2.06. The Hall–Kier alpha value is -2.16. The van der Waals surface area contributed by atoms with Gasteiger partial charge >= 0.3 is 5.97 Å². The number of aryl methyl sites for hydroxylation is 2. The topological polar surface area (TPSA) is 50.2 Å². The third-order valence-corrected chi connectivity index (χ3v) is 2.82. The fraction of sp³-hybridized carbons (Fsp3) is 0.200. The molecule has 1 heterocycles. The monoisotopic (exact) mass is 241 g/mol. The average molecular weight is 241 g/mol. The highest BCUT2D eigenvalue weighted by Crippen LogP contribution is 2.23. The molecule has 0 saturated carbocycles. The van der Waals surface area contributed by atoms with Crippen molar-refractivity contribution in [3.05, 3.63) is 53.3 Å². The van der Waals surface area contributed by atoms with Crippen LogP contribution in [0.3, 0.4) is 0 Å². The minimum atomic E-state index is -0.814. The summed E-state index contributed by atoms with van der Waals surface area (Å²) in [6.07, 6.45) is 0.0478. The highest BCUT2D eigenvalue weighted by atomic mass is 16.4. The summed E-state index contributed by atoms with van der Waals surface area (Å²) < 4.78 is 0. The van der Waals surface area contributed by atoms with E-state index in [1.807, 2.05) is 50.2 Å². The van der Waals surface area contributed by atoms with Gasteiger partial charge in [0.05, 0.1) is 6.42 Å². The maximum atomic E-state index is 10.7. The Labute approximate surface area is 106 Å². The zero-order valence-electron chi connectivity index (χ0n) is 10.5. The van der Waals surface area contributed by atoms with E-state index in [1.165, 1.54) is 0 Å². The van der Waals surface area contributed by atoms with Gasteiger partial charge in [0.25, 0.3) is 0 Å². The predicted molar refractivity (Wildman–Crippen MR) is 70.5 cm³/mol. The molecule has 92 valence electrons. The molecule has 3 heteroatoms. The molecular formula is C15H15NO2. The van der Waals surface area contributed by atoms with Crippen LogP contribution >= 0.6 is 0 Å². The SMILES string of the molecule is Cc1ccc(-c2cccc(CC(=O)O)c2)c(C)n1. The normalized spacial score (nSPS) is 10.3. The number of benzene rings is 1. The molecule has 2 rings (SSSR count). The molecule has 1 N–H and O–H groups in total. The predicted octanol–water partition coefficient (Wildman–Crippen LogP) is 2.99. The van der Waals surface area contributed by atoms with Gasteiger partial charge in [-0.2, -0.15) is 0 Å². The third-order valence-electron chi connectivity index (χ3n) is 2.82. The van der Waals surface area contributed by atoms with Gasteiger partial charge in [-0.15, -0.1) is 0 Å². The number of aliphatic carboxylic acids is 1. The molecule has 0 saturated heterocycles. The molecule has 0 aliphatic heterocycles. The van der Waals surface area contributed by atoms with Crippen molar-refractivity contribution in [1.29, 1.82) is 0 Å². The second kappa shape index (κ2) is 5.00. The van der Waals surface area contributed by atoms with Crippen LogP contribution in [0, 0.1) is 13.8 Å². The summed E-state index contributed by atoms with van der Waals surface area (Å²) in [4.78, 5) is 15.1. The quantitative estimate of drug-likeness (QED) is 0.898. The van der Waals surface area contributed by atoms with Gasteiger partial charge in [-0.25, -0.2) is 0 Å². The van der Waals surface area contributed by atoms with Crippen LogP contribution in [0.2, 0.25) is 0 Å². The van der Waals surface area contributed by atoms with E-state index in [0.717, 1.165) is 28.1 Å².